The van der Waals surface area contributed by atoms with Gasteiger partial charge in [-0.25, -0.2) is 4.57 Å². The van der Waals surface area contributed by atoms with E-state index in [4.69, 9.17) is 9.79 Å². The Hall–Kier alpha value is -2.19. The highest BCUT2D eigenvalue weighted by Crippen LogP contribution is 2.49. The lowest BCUT2D eigenvalue weighted by Gasteiger charge is -2.27. The van der Waals surface area contributed by atoms with Gasteiger partial charge in [0.25, 0.3) is 0 Å². The molecule has 1 aliphatic rings. The molecular formula is C12H10NO8P. The SMILES string of the molecule is Cc1ncc(C2(OP(=O)(O)O)C(=O)C=CC2=O)c(C=O)c1O. The summed E-state index contributed by atoms with van der Waals surface area (Å²) in [6, 6.07) is 0. The molecule has 9 nitrogen and oxygen atoms in total. The highest BCUT2D eigenvalue weighted by Gasteiger charge is 2.55. The van der Waals surface area contributed by atoms with Crippen molar-refractivity contribution >= 4 is 25.7 Å². The first-order chi connectivity index (χ1) is 10.1. The molecular weight excluding hydrogens is 317 g/mol. The van der Waals surface area contributed by atoms with Crippen LogP contribution in [0.3, 0.4) is 0 Å². The summed E-state index contributed by atoms with van der Waals surface area (Å²) in [4.78, 5) is 57.0. The van der Waals surface area contributed by atoms with Gasteiger partial charge in [-0.1, -0.05) is 0 Å². The molecule has 1 aromatic rings. The van der Waals surface area contributed by atoms with Crippen molar-refractivity contribution in [1.29, 1.82) is 0 Å². The zero-order valence-corrected chi connectivity index (χ0v) is 12.0. The highest BCUT2D eigenvalue weighted by atomic mass is 31.2. The van der Waals surface area contributed by atoms with Gasteiger partial charge in [0.2, 0.25) is 17.2 Å². The number of hydrogen-bond donors (Lipinski definition) is 3. The number of phosphoric ester groups is 1. The molecule has 0 spiro atoms. The van der Waals surface area contributed by atoms with E-state index >= 15 is 0 Å². The molecule has 0 amide bonds. The normalized spacial score (nSPS) is 17.0. The second kappa shape index (κ2) is 5.22. The Morgan fingerprint density at radius 2 is 1.82 bits per heavy atom. The summed E-state index contributed by atoms with van der Waals surface area (Å²) in [5, 5.41) is 9.84. The van der Waals surface area contributed by atoms with Gasteiger partial charge in [-0.05, 0) is 19.1 Å². The second-order valence-electron chi connectivity index (χ2n) is 4.46. The monoisotopic (exact) mass is 327 g/mol. The van der Waals surface area contributed by atoms with E-state index in [1.165, 1.54) is 6.92 Å². The number of pyridine rings is 1. The Labute approximate surface area is 123 Å². The van der Waals surface area contributed by atoms with Crippen molar-refractivity contribution in [3.8, 4) is 5.75 Å². The van der Waals surface area contributed by atoms with Crippen LogP contribution in [0.2, 0.25) is 0 Å². The lowest BCUT2D eigenvalue weighted by Crippen LogP contribution is -2.41. The predicted molar refractivity (Wildman–Crippen MR) is 70.0 cm³/mol. The van der Waals surface area contributed by atoms with E-state index in [1.54, 1.807) is 0 Å². The number of carbonyl (C=O) groups excluding carboxylic acids is 3. The molecule has 2 rings (SSSR count). The third-order valence-corrected chi connectivity index (χ3v) is 3.62. The molecule has 1 aromatic heterocycles. The number of carbonyl (C=O) groups is 3. The van der Waals surface area contributed by atoms with Gasteiger partial charge in [-0.2, -0.15) is 0 Å². The van der Waals surface area contributed by atoms with Crippen LogP contribution in [0.1, 0.15) is 21.6 Å². The molecule has 116 valence electrons. The number of phosphoric acid groups is 1. The van der Waals surface area contributed by atoms with Crippen LogP contribution >= 0.6 is 7.82 Å². The standard InChI is InChI=1S/C12H10NO8P/c1-6-11(17)7(5-14)8(4-13-6)12(21-22(18,19)20)9(15)2-3-10(12)16/h2-5,17H,1H3,(H2,18,19,20). The average molecular weight is 327 g/mol. The summed E-state index contributed by atoms with van der Waals surface area (Å²) in [6.45, 7) is 1.36. The van der Waals surface area contributed by atoms with E-state index in [0.717, 1.165) is 18.3 Å². The summed E-state index contributed by atoms with van der Waals surface area (Å²) < 4.78 is 15.6. The van der Waals surface area contributed by atoms with E-state index in [1.807, 2.05) is 0 Å². The molecule has 0 aromatic carbocycles. The van der Waals surface area contributed by atoms with Gasteiger partial charge in [-0.15, -0.1) is 0 Å². The Morgan fingerprint density at radius 1 is 1.27 bits per heavy atom. The number of aryl methyl sites for hydroxylation is 1. The Bertz CT molecular complexity index is 745. The number of hydrogen-bond acceptors (Lipinski definition) is 7. The van der Waals surface area contributed by atoms with Crippen molar-refractivity contribution in [3.63, 3.8) is 0 Å². The number of aromatic hydroxyl groups is 1. The van der Waals surface area contributed by atoms with Gasteiger partial charge in [-0.3, -0.25) is 23.9 Å². The van der Waals surface area contributed by atoms with Crippen LogP contribution in [-0.4, -0.2) is 37.7 Å². The topological polar surface area (TPSA) is 151 Å². The van der Waals surface area contributed by atoms with Crippen LogP contribution in [0.4, 0.5) is 0 Å². The summed E-state index contributed by atoms with van der Waals surface area (Å²) in [6.07, 6.45) is 2.56. The van der Waals surface area contributed by atoms with E-state index in [-0.39, 0.29) is 12.0 Å². The molecule has 0 bridgehead atoms. The minimum Gasteiger partial charge on any atom is -0.505 e. The molecule has 1 aliphatic carbocycles. The zero-order chi connectivity index (χ0) is 16.7. The van der Waals surface area contributed by atoms with Gasteiger partial charge in [0, 0.05) is 11.8 Å². The Kier molecular flexibility index (Phi) is 3.84. The molecule has 0 fully saturated rings. The molecule has 10 heteroatoms. The first-order valence-electron chi connectivity index (χ1n) is 5.81. The summed E-state index contributed by atoms with van der Waals surface area (Å²) in [7, 11) is -5.28. The third-order valence-electron chi connectivity index (χ3n) is 3.11. The highest BCUT2D eigenvalue weighted by molar-refractivity contribution is 7.46. The van der Waals surface area contributed by atoms with Crippen molar-refractivity contribution in [2.24, 2.45) is 0 Å². The van der Waals surface area contributed by atoms with Crippen molar-refractivity contribution in [3.05, 3.63) is 35.2 Å². The van der Waals surface area contributed by atoms with E-state index < -0.39 is 41.9 Å². The summed E-state index contributed by atoms with van der Waals surface area (Å²) in [5.74, 6) is -2.79. The molecule has 0 saturated heterocycles. The van der Waals surface area contributed by atoms with E-state index in [9.17, 15) is 24.1 Å². The molecule has 0 saturated carbocycles. The van der Waals surface area contributed by atoms with E-state index in [0.29, 0.717) is 0 Å². The fraction of sp³-hybridized carbons (Fsp3) is 0.167. The van der Waals surface area contributed by atoms with Crippen LogP contribution in [0.5, 0.6) is 5.75 Å². The van der Waals surface area contributed by atoms with Gasteiger partial charge in [0.15, 0.2) is 6.29 Å². The van der Waals surface area contributed by atoms with Gasteiger partial charge < -0.3 is 14.9 Å². The van der Waals surface area contributed by atoms with Crippen LogP contribution < -0.4 is 0 Å². The number of aromatic nitrogens is 1. The molecule has 0 atom stereocenters. The molecule has 22 heavy (non-hydrogen) atoms. The fourth-order valence-electron chi connectivity index (χ4n) is 2.10. The maximum absolute atomic E-state index is 12.0. The van der Waals surface area contributed by atoms with Crippen LogP contribution in [0.25, 0.3) is 0 Å². The molecule has 3 N–H and O–H groups in total. The lowest BCUT2D eigenvalue weighted by atomic mass is 9.87. The maximum Gasteiger partial charge on any atom is 0.471 e. The lowest BCUT2D eigenvalue weighted by molar-refractivity contribution is -0.142. The van der Waals surface area contributed by atoms with Crippen molar-refractivity contribution in [2.75, 3.05) is 0 Å². The van der Waals surface area contributed by atoms with Gasteiger partial charge >= 0.3 is 7.82 Å². The Balaban J connectivity index is 2.80. The van der Waals surface area contributed by atoms with Crippen molar-refractivity contribution < 1.29 is 38.4 Å². The molecule has 0 aliphatic heterocycles. The van der Waals surface area contributed by atoms with Crippen LogP contribution in [0, 0.1) is 6.92 Å². The molecule has 1 heterocycles. The Morgan fingerprint density at radius 3 is 2.27 bits per heavy atom. The van der Waals surface area contributed by atoms with Crippen molar-refractivity contribution in [1.82, 2.24) is 4.98 Å². The number of rotatable bonds is 4. The van der Waals surface area contributed by atoms with Crippen molar-refractivity contribution in [2.45, 2.75) is 12.5 Å². The number of aldehydes is 1. The maximum atomic E-state index is 12.0. The van der Waals surface area contributed by atoms with Gasteiger partial charge in [0.05, 0.1) is 11.3 Å². The minimum atomic E-state index is -5.28. The quantitative estimate of drug-likeness (QED) is 0.392. The third kappa shape index (κ3) is 2.40. The number of ketones is 2. The molecule has 0 radical (unpaired) electrons. The number of nitrogens with zero attached hydrogens (tertiary/aromatic N) is 1. The molecule has 0 unspecified atom stereocenters. The first-order valence-corrected chi connectivity index (χ1v) is 7.34. The smallest absolute Gasteiger partial charge is 0.471 e. The summed E-state index contributed by atoms with van der Waals surface area (Å²) in [5.41, 5.74) is -3.75. The minimum absolute atomic E-state index is 0.0306. The van der Waals surface area contributed by atoms with E-state index in [2.05, 4.69) is 9.51 Å². The fourth-order valence-corrected chi connectivity index (χ4v) is 2.74. The summed E-state index contributed by atoms with van der Waals surface area (Å²) >= 11 is 0. The largest absolute Gasteiger partial charge is 0.505 e. The first kappa shape index (κ1) is 16.2. The second-order valence-corrected chi connectivity index (χ2v) is 5.63. The van der Waals surface area contributed by atoms with Crippen LogP contribution in [-0.2, 0) is 24.3 Å². The van der Waals surface area contributed by atoms with Gasteiger partial charge in [0.1, 0.15) is 5.75 Å². The zero-order valence-electron chi connectivity index (χ0n) is 11.1. The van der Waals surface area contributed by atoms with Crippen LogP contribution in [0.15, 0.2) is 18.3 Å². The predicted octanol–water partition coefficient (Wildman–Crippen LogP) is -0.0793. The average Bonchev–Trinajstić information content (AvgIpc) is 2.69.